The molecular weight excluding hydrogens is 284 g/mol. The maximum absolute atomic E-state index is 3.67. The average Bonchev–Trinajstić information content (AvgIpc) is 2.63. The normalized spacial score (nSPS) is 32.5. The van der Waals surface area contributed by atoms with Gasteiger partial charge in [-0.3, -0.25) is 4.90 Å². The maximum Gasteiger partial charge on any atom is 0.0261 e. The van der Waals surface area contributed by atoms with Crippen LogP contribution >= 0.6 is 0 Å². The Kier molecular flexibility index (Phi) is 6.75. The number of hydrogen-bond acceptors (Lipinski definition) is 4. The van der Waals surface area contributed by atoms with E-state index in [1.54, 1.807) is 0 Å². The fourth-order valence-electron chi connectivity index (χ4n) is 4.96. The number of piperazine rings is 1. The molecule has 0 radical (unpaired) electrons. The molecule has 23 heavy (non-hydrogen) atoms. The van der Waals surface area contributed by atoms with E-state index in [-0.39, 0.29) is 0 Å². The van der Waals surface area contributed by atoms with Crippen LogP contribution in [-0.2, 0) is 0 Å². The molecule has 2 atom stereocenters. The van der Waals surface area contributed by atoms with Gasteiger partial charge in [0.25, 0.3) is 0 Å². The summed E-state index contributed by atoms with van der Waals surface area (Å²) >= 11 is 0. The number of rotatable bonds is 5. The molecule has 0 amide bonds. The summed E-state index contributed by atoms with van der Waals surface area (Å²) in [4.78, 5) is 8.09. The van der Waals surface area contributed by atoms with E-state index in [1.807, 2.05) is 0 Å². The van der Waals surface area contributed by atoms with Crippen LogP contribution in [0.4, 0.5) is 0 Å². The second kappa shape index (κ2) is 8.80. The highest BCUT2D eigenvalue weighted by Gasteiger charge is 2.33. The third-order valence-electron chi connectivity index (χ3n) is 6.67. The van der Waals surface area contributed by atoms with Crippen LogP contribution in [0, 0.1) is 5.92 Å². The van der Waals surface area contributed by atoms with Crippen molar-refractivity contribution in [2.75, 3.05) is 59.4 Å². The Morgan fingerprint density at radius 1 is 0.957 bits per heavy atom. The van der Waals surface area contributed by atoms with Crippen LogP contribution < -0.4 is 5.32 Å². The Bertz CT molecular complexity index is 334. The summed E-state index contributed by atoms with van der Waals surface area (Å²) < 4.78 is 0. The third-order valence-corrected chi connectivity index (χ3v) is 6.67. The molecule has 134 valence electrons. The van der Waals surface area contributed by atoms with Crippen LogP contribution in [0.1, 0.15) is 45.4 Å². The molecule has 4 nitrogen and oxygen atoms in total. The fraction of sp³-hybridized carbons (Fsp3) is 1.00. The van der Waals surface area contributed by atoms with Crippen molar-refractivity contribution in [2.45, 2.75) is 57.5 Å². The smallest absolute Gasteiger partial charge is 0.0261 e. The zero-order valence-electron chi connectivity index (χ0n) is 15.5. The second-order valence-electron chi connectivity index (χ2n) is 8.01. The van der Waals surface area contributed by atoms with Gasteiger partial charge in [-0.15, -0.1) is 0 Å². The molecule has 3 rings (SSSR count). The summed E-state index contributed by atoms with van der Waals surface area (Å²) in [6.45, 7) is 12.3. The highest BCUT2D eigenvalue weighted by atomic mass is 15.3. The largest absolute Gasteiger partial charge is 0.315 e. The molecule has 3 fully saturated rings. The second-order valence-corrected chi connectivity index (χ2v) is 8.01. The summed E-state index contributed by atoms with van der Waals surface area (Å²) in [7, 11) is 2.41. The Morgan fingerprint density at radius 3 is 2.35 bits per heavy atom. The van der Waals surface area contributed by atoms with Gasteiger partial charge in [-0.05, 0) is 45.3 Å². The quantitative estimate of drug-likeness (QED) is 0.834. The monoisotopic (exact) mass is 322 g/mol. The molecule has 0 aromatic rings. The van der Waals surface area contributed by atoms with Crippen LogP contribution in [0.5, 0.6) is 0 Å². The molecule has 4 heteroatoms. The lowest BCUT2D eigenvalue weighted by atomic mass is 9.87. The lowest BCUT2D eigenvalue weighted by Gasteiger charge is -2.45. The van der Waals surface area contributed by atoms with Gasteiger partial charge in [0.1, 0.15) is 0 Å². The number of nitrogens with zero attached hydrogens (tertiary/aromatic N) is 3. The number of piperidine rings is 1. The van der Waals surface area contributed by atoms with Crippen LogP contribution in [0.15, 0.2) is 0 Å². The first-order valence-electron chi connectivity index (χ1n) is 10.1. The van der Waals surface area contributed by atoms with E-state index in [0.29, 0.717) is 0 Å². The Labute approximate surface area is 143 Å². The van der Waals surface area contributed by atoms with Gasteiger partial charge in [0.2, 0.25) is 0 Å². The number of hydrogen-bond donors (Lipinski definition) is 1. The molecule has 0 aromatic carbocycles. The van der Waals surface area contributed by atoms with E-state index >= 15 is 0 Å². The minimum atomic E-state index is 0.746. The van der Waals surface area contributed by atoms with E-state index in [9.17, 15) is 0 Å². The standard InChI is InChI=1S/C19H38N4/c1-3-22-11-13-23(14-12-22)16-17-9-10-20-15-19(17)21(2)18-7-5-4-6-8-18/h17-20H,3-16H2,1-2H3. The molecule has 1 saturated carbocycles. The van der Waals surface area contributed by atoms with Gasteiger partial charge in [0.15, 0.2) is 0 Å². The van der Waals surface area contributed by atoms with Crippen molar-refractivity contribution in [1.29, 1.82) is 0 Å². The fourth-order valence-corrected chi connectivity index (χ4v) is 4.96. The molecule has 2 unspecified atom stereocenters. The summed E-state index contributed by atoms with van der Waals surface area (Å²) in [6, 6.07) is 1.59. The van der Waals surface area contributed by atoms with Crippen molar-refractivity contribution >= 4 is 0 Å². The Hall–Kier alpha value is -0.160. The van der Waals surface area contributed by atoms with Gasteiger partial charge < -0.3 is 15.1 Å². The van der Waals surface area contributed by atoms with Crippen molar-refractivity contribution in [3.63, 3.8) is 0 Å². The first kappa shape index (κ1) is 17.7. The zero-order valence-corrected chi connectivity index (χ0v) is 15.5. The van der Waals surface area contributed by atoms with Gasteiger partial charge in [-0.2, -0.15) is 0 Å². The minimum absolute atomic E-state index is 0.746. The van der Waals surface area contributed by atoms with E-state index in [2.05, 4.69) is 34.0 Å². The van der Waals surface area contributed by atoms with Crippen LogP contribution in [0.3, 0.4) is 0 Å². The number of likely N-dealkylation sites (N-methyl/N-ethyl adjacent to an activating group) is 2. The summed E-state index contributed by atoms with van der Waals surface area (Å²) in [5.41, 5.74) is 0. The van der Waals surface area contributed by atoms with Gasteiger partial charge in [0.05, 0.1) is 0 Å². The molecular formula is C19H38N4. The highest BCUT2D eigenvalue weighted by molar-refractivity contribution is 4.90. The summed E-state index contributed by atoms with van der Waals surface area (Å²) in [5, 5.41) is 3.67. The molecule has 2 heterocycles. The van der Waals surface area contributed by atoms with E-state index in [0.717, 1.165) is 18.0 Å². The predicted octanol–water partition coefficient (Wildman–Crippen LogP) is 1.87. The van der Waals surface area contributed by atoms with E-state index in [1.165, 1.54) is 90.9 Å². The average molecular weight is 323 g/mol. The topological polar surface area (TPSA) is 21.8 Å². The molecule has 2 saturated heterocycles. The molecule has 2 aliphatic heterocycles. The lowest BCUT2D eigenvalue weighted by Crippen LogP contribution is -2.57. The van der Waals surface area contributed by atoms with Crippen molar-refractivity contribution in [1.82, 2.24) is 20.0 Å². The zero-order chi connectivity index (χ0) is 16.1. The van der Waals surface area contributed by atoms with E-state index < -0.39 is 0 Å². The Morgan fingerprint density at radius 2 is 1.65 bits per heavy atom. The lowest BCUT2D eigenvalue weighted by molar-refractivity contribution is 0.0474. The van der Waals surface area contributed by atoms with Crippen molar-refractivity contribution < 1.29 is 0 Å². The van der Waals surface area contributed by atoms with Crippen molar-refractivity contribution in [2.24, 2.45) is 5.92 Å². The molecule has 0 bridgehead atoms. The van der Waals surface area contributed by atoms with Crippen LogP contribution in [-0.4, -0.2) is 86.2 Å². The maximum atomic E-state index is 3.67. The Balaban J connectivity index is 1.53. The third kappa shape index (κ3) is 4.68. The number of nitrogens with one attached hydrogen (secondary N) is 1. The van der Waals surface area contributed by atoms with E-state index in [4.69, 9.17) is 0 Å². The van der Waals surface area contributed by atoms with Crippen molar-refractivity contribution in [3.05, 3.63) is 0 Å². The van der Waals surface area contributed by atoms with Gasteiger partial charge in [0, 0.05) is 51.4 Å². The summed E-state index contributed by atoms with van der Waals surface area (Å²) in [6.07, 6.45) is 8.55. The molecule has 1 aliphatic carbocycles. The molecule has 1 N–H and O–H groups in total. The van der Waals surface area contributed by atoms with Crippen molar-refractivity contribution in [3.8, 4) is 0 Å². The SMILES string of the molecule is CCN1CCN(CC2CCNCC2N(C)C2CCCCC2)CC1. The first-order chi connectivity index (χ1) is 11.3. The van der Waals surface area contributed by atoms with Gasteiger partial charge in [-0.1, -0.05) is 26.2 Å². The minimum Gasteiger partial charge on any atom is -0.315 e. The first-order valence-corrected chi connectivity index (χ1v) is 10.1. The molecule has 0 spiro atoms. The molecule has 3 aliphatic rings. The van der Waals surface area contributed by atoms with Crippen LogP contribution in [0.2, 0.25) is 0 Å². The van der Waals surface area contributed by atoms with Gasteiger partial charge in [-0.25, -0.2) is 0 Å². The van der Waals surface area contributed by atoms with Gasteiger partial charge >= 0.3 is 0 Å². The van der Waals surface area contributed by atoms with Crippen LogP contribution in [0.25, 0.3) is 0 Å². The predicted molar refractivity (Wildman–Crippen MR) is 98.0 cm³/mol. The highest BCUT2D eigenvalue weighted by Crippen LogP contribution is 2.27. The molecule has 0 aromatic heterocycles. The summed E-state index contributed by atoms with van der Waals surface area (Å²) in [5.74, 6) is 0.858.